The van der Waals surface area contributed by atoms with Crippen molar-refractivity contribution in [3.8, 4) is 0 Å². The SMILES string of the molecule is Cn1nnnc1CC(=O)Nc1ccccc1F. The lowest BCUT2D eigenvalue weighted by Gasteiger charge is -2.04. The van der Waals surface area contributed by atoms with Crippen LogP contribution >= 0.6 is 0 Å². The molecule has 1 heterocycles. The van der Waals surface area contributed by atoms with E-state index in [1.807, 2.05) is 0 Å². The maximum atomic E-state index is 13.2. The number of anilines is 1. The summed E-state index contributed by atoms with van der Waals surface area (Å²) >= 11 is 0. The van der Waals surface area contributed by atoms with Gasteiger partial charge in [-0.1, -0.05) is 12.1 Å². The fourth-order valence-corrected chi connectivity index (χ4v) is 1.30. The van der Waals surface area contributed by atoms with Gasteiger partial charge in [0.2, 0.25) is 5.91 Å². The number of carbonyl (C=O) groups excluding carboxylic acids is 1. The van der Waals surface area contributed by atoms with Gasteiger partial charge in [-0.2, -0.15) is 0 Å². The molecule has 0 saturated heterocycles. The Bertz CT molecular complexity index is 539. The quantitative estimate of drug-likeness (QED) is 0.842. The minimum atomic E-state index is -0.475. The largest absolute Gasteiger partial charge is 0.323 e. The minimum absolute atomic E-state index is 0.00215. The molecule has 0 aliphatic rings. The topological polar surface area (TPSA) is 72.7 Å². The molecule has 0 radical (unpaired) electrons. The monoisotopic (exact) mass is 235 g/mol. The van der Waals surface area contributed by atoms with E-state index in [-0.39, 0.29) is 18.0 Å². The molecule has 1 aromatic heterocycles. The maximum Gasteiger partial charge on any atom is 0.232 e. The van der Waals surface area contributed by atoms with Crippen LogP contribution in [0.1, 0.15) is 5.82 Å². The van der Waals surface area contributed by atoms with Crippen molar-refractivity contribution in [2.24, 2.45) is 7.05 Å². The zero-order chi connectivity index (χ0) is 12.3. The first-order valence-corrected chi connectivity index (χ1v) is 4.92. The predicted octanol–water partition coefficient (Wildman–Crippen LogP) is 0.530. The molecule has 0 fully saturated rings. The molecule has 0 atom stereocenters. The van der Waals surface area contributed by atoms with Crippen LogP contribution in [-0.2, 0) is 18.3 Å². The summed E-state index contributed by atoms with van der Waals surface area (Å²) in [7, 11) is 1.63. The van der Waals surface area contributed by atoms with E-state index >= 15 is 0 Å². The highest BCUT2D eigenvalue weighted by Gasteiger charge is 2.11. The Morgan fingerprint density at radius 3 is 2.88 bits per heavy atom. The maximum absolute atomic E-state index is 13.2. The van der Waals surface area contributed by atoms with Crippen LogP contribution in [0.3, 0.4) is 0 Å². The predicted molar refractivity (Wildman–Crippen MR) is 57.5 cm³/mol. The highest BCUT2D eigenvalue weighted by Crippen LogP contribution is 2.12. The fourth-order valence-electron chi connectivity index (χ4n) is 1.30. The van der Waals surface area contributed by atoms with E-state index in [1.165, 1.54) is 16.8 Å². The Hall–Kier alpha value is -2.31. The highest BCUT2D eigenvalue weighted by molar-refractivity contribution is 5.91. The number of para-hydroxylation sites is 1. The normalized spacial score (nSPS) is 10.2. The van der Waals surface area contributed by atoms with Crippen LogP contribution < -0.4 is 5.32 Å². The van der Waals surface area contributed by atoms with Crippen LogP contribution in [0.5, 0.6) is 0 Å². The molecule has 0 bridgehead atoms. The lowest BCUT2D eigenvalue weighted by molar-refractivity contribution is -0.115. The molecule has 0 aliphatic heterocycles. The van der Waals surface area contributed by atoms with Gasteiger partial charge in [-0.3, -0.25) is 4.79 Å². The van der Waals surface area contributed by atoms with E-state index in [2.05, 4.69) is 20.8 Å². The lowest BCUT2D eigenvalue weighted by atomic mass is 10.3. The van der Waals surface area contributed by atoms with Gasteiger partial charge in [0, 0.05) is 7.05 Å². The second kappa shape index (κ2) is 4.69. The fraction of sp³-hybridized carbons (Fsp3) is 0.200. The van der Waals surface area contributed by atoms with Crippen LogP contribution in [-0.4, -0.2) is 26.1 Å². The minimum Gasteiger partial charge on any atom is -0.323 e. The first kappa shape index (κ1) is 11.2. The number of carbonyl (C=O) groups is 1. The van der Waals surface area contributed by atoms with Crippen molar-refractivity contribution >= 4 is 11.6 Å². The van der Waals surface area contributed by atoms with Crippen LogP contribution in [0.4, 0.5) is 10.1 Å². The number of aromatic nitrogens is 4. The van der Waals surface area contributed by atoms with Gasteiger partial charge in [-0.25, -0.2) is 9.07 Å². The number of hydrogen-bond acceptors (Lipinski definition) is 4. The summed E-state index contributed by atoms with van der Waals surface area (Å²) in [5.41, 5.74) is 0.146. The number of tetrazole rings is 1. The highest BCUT2D eigenvalue weighted by atomic mass is 19.1. The lowest BCUT2D eigenvalue weighted by Crippen LogP contribution is -2.17. The van der Waals surface area contributed by atoms with Crippen molar-refractivity contribution in [2.75, 3.05) is 5.32 Å². The zero-order valence-electron chi connectivity index (χ0n) is 9.09. The first-order valence-electron chi connectivity index (χ1n) is 4.92. The molecule has 0 spiro atoms. The van der Waals surface area contributed by atoms with Crippen molar-refractivity contribution in [3.63, 3.8) is 0 Å². The second-order valence-electron chi connectivity index (χ2n) is 3.42. The van der Waals surface area contributed by atoms with Gasteiger partial charge in [-0.15, -0.1) is 5.10 Å². The van der Waals surface area contributed by atoms with Gasteiger partial charge in [0.05, 0.1) is 12.1 Å². The van der Waals surface area contributed by atoms with Gasteiger partial charge >= 0.3 is 0 Å². The molecule has 1 N–H and O–H groups in total. The Balaban J connectivity index is 2.03. The molecule has 88 valence electrons. The summed E-state index contributed by atoms with van der Waals surface area (Å²) in [5.74, 6) is -0.427. The van der Waals surface area contributed by atoms with E-state index in [9.17, 15) is 9.18 Å². The van der Waals surface area contributed by atoms with E-state index in [1.54, 1.807) is 19.2 Å². The van der Waals surface area contributed by atoms with Crippen molar-refractivity contribution in [3.05, 3.63) is 35.9 Å². The molecule has 1 amide bonds. The van der Waals surface area contributed by atoms with Crippen molar-refractivity contribution in [1.82, 2.24) is 20.2 Å². The Morgan fingerprint density at radius 1 is 1.47 bits per heavy atom. The average molecular weight is 235 g/mol. The summed E-state index contributed by atoms with van der Waals surface area (Å²) in [6, 6.07) is 5.96. The summed E-state index contributed by atoms with van der Waals surface area (Å²) in [6.45, 7) is 0. The zero-order valence-corrected chi connectivity index (χ0v) is 9.09. The molecule has 0 saturated carbocycles. The first-order chi connectivity index (χ1) is 8.16. The van der Waals surface area contributed by atoms with Crippen molar-refractivity contribution in [2.45, 2.75) is 6.42 Å². The van der Waals surface area contributed by atoms with Gasteiger partial charge in [0.15, 0.2) is 5.82 Å². The summed E-state index contributed by atoms with van der Waals surface area (Å²) < 4.78 is 14.6. The number of rotatable bonds is 3. The molecule has 7 heteroatoms. The average Bonchev–Trinajstić information content (AvgIpc) is 2.68. The number of nitrogens with zero attached hydrogens (tertiary/aromatic N) is 4. The van der Waals surface area contributed by atoms with Crippen LogP contribution in [0.2, 0.25) is 0 Å². The van der Waals surface area contributed by atoms with E-state index < -0.39 is 5.82 Å². The molecular weight excluding hydrogens is 225 g/mol. The third-order valence-corrected chi connectivity index (χ3v) is 2.17. The number of nitrogens with one attached hydrogen (secondary N) is 1. The van der Waals surface area contributed by atoms with Crippen molar-refractivity contribution < 1.29 is 9.18 Å². The Kier molecular flexibility index (Phi) is 3.08. The Labute approximate surface area is 96.4 Å². The molecular formula is C10H10FN5O. The van der Waals surface area contributed by atoms with Crippen LogP contribution in [0.15, 0.2) is 24.3 Å². The third-order valence-electron chi connectivity index (χ3n) is 2.17. The number of amides is 1. The molecule has 0 aliphatic carbocycles. The van der Waals surface area contributed by atoms with Gasteiger partial charge in [0.25, 0.3) is 0 Å². The number of halogens is 1. The molecule has 0 unspecified atom stereocenters. The molecule has 17 heavy (non-hydrogen) atoms. The Morgan fingerprint density at radius 2 is 2.24 bits per heavy atom. The van der Waals surface area contributed by atoms with Crippen LogP contribution in [0.25, 0.3) is 0 Å². The van der Waals surface area contributed by atoms with E-state index in [4.69, 9.17) is 0 Å². The molecule has 2 aromatic rings. The number of aryl methyl sites for hydroxylation is 1. The van der Waals surface area contributed by atoms with E-state index in [0.717, 1.165) is 0 Å². The molecule has 6 nitrogen and oxygen atoms in total. The third kappa shape index (κ3) is 2.63. The van der Waals surface area contributed by atoms with Gasteiger partial charge in [-0.05, 0) is 22.6 Å². The molecule has 1 aromatic carbocycles. The van der Waals surface area contributed by atoms with E-state index in [0.29, 0.717) is 5.82 Å². The second-order valence-corrected chi connectivity index (χ2v) is 3.42. The smallest absolute Gasteiger partial charge is 0.232 e. The summed E-state index contributed by atoms with van der Waals surface area (Å²) in [6.07, 6.45) is -0.00215. The van der Waals surface area contributed by atoms with Crippen molar-refractivity contribution in [1.29, 1.82) is 0 Å². The standard InChI is InChI=1S/C10H10FN5O/c1-16-9(13-14-15-16)6-10(17)12-8-5-3-2-4-7(8)11/h2-5H,6H2,1H3,(H,12,17). The van der Waals surface area contributed by atoms with Crippen LogP contribution in [0, 0.1) is 5.82 Å². The number of hydrogen-bond donors (Lipinski definition) is 1. The van der Waals surface area contributed by atoms with Gasteiger partial charge < -0.3 is 5.32 Å². The summed E-state index contributed by atoms with van der Waals surface area (Å²) in [4.78, 5) is 11.6. The van der Waals surface area contributed by atoms with Gasteiger partial charge in [0.1, 0.15) is 5.82 Å². The summed E-state index contributed by atoms with van der Waals surface area (Å²) in [5, 5.41) is 13.1. The molecule has 2 rings (SSSR count). The number of benzene rings is 1.